The summed E-state index contributed by atoms with van der Waals surface area (Å²) in [5.74, 6) is 0.272. The average Bonchev–Trinajstić information content (AvgIpc) is 2.76. The van der Waals surface area contributed by atoms with Gasteiger partial charge in [-0.2, -0.15) is 11.8 Å². The van der Waals surface area contributed by atoms with E-state index >= 15 is 0 Å². The molecule has 0 N–H and O–H groups in total. The van der Waals surface area contributed by atoms with Crippen molar-refractivity contribution in [1.29, 1.82) is 0 Å². The van der Waals surface area contributed by atoms with Crippen LogP contribution in [-0.2, 0) is 9.53 Å². The van der Waals surface area contributed by atoms with Crippen LogP contribution in [0.5, 0.6) is 0 Å². The highest BCUT2D eigenvalue weighted by molar-refractivity contribution is 7.99. The second kappa shape index (κ2) is 11.7. The van der Waals surface area contributed by atoms with E-state index in [9.17, 15) is 9.18 Å². The monoisotopic (exact) mass is 509 g/mol. The number of hydrogen-bond acceptors (Lipinski definition) is 3. The lowest BCUT2D eigenvalue weighted by atomic mass is 9.89. The third-order valence-corrected chi connectivity index (χ3v) is 7.43. The number of benzene rings is 2. The van der Waals surface area contributed by atoms with Gasteiger partial charge in [0.15, 0.2) is 0 Å². The maximum atomic E-state index is 14.4. The maximum Gasteiger partial charge on any atom is 0.252 e. The van der Waals surface area contributed by atoms with E-state index < -0.39 is 24.1 Å². The van der Waals surface area contributed by atoms with Crippen LogP contribution in [0, 0.1) is 5.82 Å². The van der Waals surface area contributed by atoms with Crippen LogP contribution < -0.4 is 0 Å². The molecular weight excluding hydrogens is 480 g/mol. The molecule has 33 heavy (non-hydrogen) atoms. The zero-order chi connectivity index (χ0) is 24.1. The van der Waals surface area contributed by atoms with Gasteiger partial charge in [0.2, 0.25) is 0 Å². The molecule has 4 unspecified atom stereocenters. The van der Waals surface area contributed by atoms with Crippen molar-refractivity contribution in [1.82, 2.24) is 4.90 Å². The van der Waals surface area contributed by atoms with Crippen molar-refractivity contribution in [2.75, 3.05) is 5.75 Å². The second-order valence-electron chi connectivity index (χ2n) is 8.46. The normalized spacial score (nSPS) is 22.0. The predicted octanol–water partition coefficient (Wildman–Crippen LogP) is 7.64. The fourth-order valence-electron chi connectivity index (χ4n) is 4.17. The number of hydrogen-bond donors (Lipinski definition) is 0. The molecule has 0 radical (unpaired) electrons. The highest BCUT2D eigenvalue weighted by atomic mass is 35.5. The van der Waals surface area contributed by atoms with Crippen molar-refractivity contribution in [2.24, 2.45) is 0 Å². The largest absolute Gasteiger partial charge is 0.358 e. The summed E-state index contributed by atoms with van der Waals surface area (Å²) < 4.78 is 20.7. The first-order chi connectivity index (χ1) is 15.7. The van der Waals surface area contributed by atoms with Gasteiger partial charge in [-0.1, -0.05) is 62.2 Å². The second-order valence-corrected chi connectivity index (χ2v) is 10.9. The first-order valence-electron chi connectivity index (χ1n) is 11.2. The molecule has 2 aromatic carbocycles. The van der Waals surface area contributed by atoms with Crippen molar-refractivity contribution < 1.29 is 13.9 Å². The zero-order valence-electron chi connectivity index (χ0n) is 19.1. The van der Waals surface area contributed by atoms with Crippen LogP contribution in [0.3, 0.4) is 0 Å². The zero-order valence-corrected chi connectivity index (χ0v) is 21.5. The lowest BCUT2D eigenvalue weighted by Crippen LogP contribution is -2.55. The van der Waals surface area contributed by atoms with E-state index in [-0.39, 0.29) is 17.0 Å². The van der Waals surface area contributed by atoms with Gasteiger partial charge in [-0.05, 0) is 53.1 Å². The molecule has 0 saturated carbocycles. The fraction of sp³-hybridized carbons (Fsp3) is 0.423. The van der Waals surface area contributed by atoms with Gasteiger partial charge in [0.25, 0.3) is 5.91 Å². The molecule has 3 nitrogen and oxygen atoms in total. The molecule has 0 aromatic heterocycles. The van der Waals surface area contributed by atoms with Crippen molar-refractivity contribution in [3.05, 3.63) is 82.1 Å². The topological polar surface area (TPSA) is 29.5 Å². The summed E-state index contributed by atoms with van der Waals surface area (Å²) in [6.45, 7) is 10.2. The summed E-state index contributed by atoms with van der Waals surface area (Å²) in [7, 11) is 0. The van der Waals surface area contributed by atoms with Crippen molar-refractivity contribution in [2.45, 2.75) is 63.2 Å². The molecule has 1 fully saturated rings. The van der Waals surface area contributed by atoms with Crippen LogP contribution in [0.25, 0.3) is 0 Å². The molecule has 1 aliphatic heterocycles. The van der Waals surface area contributed by atoms with Crippen LogP contribution >= 0.6 is 35.0 Å². The number of carbonyl (C=O) groups is 1. The van der Waals surface area contributed by atoms with Crippen LogP contribution in [0.1, 0.15) is 56.9 Å². The Morgan fingerprint density at radius 3 is 2.42 bits per heavy atom. The van der Waals surface area contributed by atoms with Crippen molar-refractivity contribution >= 4 is 40.9 Å². The summed E-state index contributed by atoms with van der Waals surface area (Å²) in [5, 5.41) is 1.33. The van der Waals surface area contributed by atoms with Gasteiger partial charge in [0, 0.05) is 28.3 Å². The summed E-state index contributed by atoms with van der Waals surface area (Å²) in [4.78, 5) is 15.7. The Labute approximate surface area is 210 Å². The molecule has 1 heterocycles. The van der Waals surface area contributed by atoms with Gasteiger partial charge in [0.05, 0.1) is 6.04 Å². The number of rotatable bonds is 9. The van der Waals surface area contributed by atoms with E-state index in [1.807, 2.05) is 28.8 Å². The van der Waals surface area contributed by atoms with Crippen LogP contribution in [0.4, 0.5) is 4.39 Å². The van der Waals surface area contributed by atoms with Crippen molar-refractivity contribution in [3.8, 4) is 0 Å². The minimum Gasteiger partial charge on any atom is -0.358 e. The number of carbonyl (C=O) groups excluding carboxylic acids is 1. The van der Waals surface area contributed by atoms with E-state index in [4.69, 9.17) is 27.9 Å². The van der Waals surface area contributed by atoms with Crippen molar-refractivity contribution in [3.63, 3.8) is 0 Å². The molecule has 0 bridgehead atoms. The summed E-state index contributed by atoms with van der Waals surface area (Å²) in [6.07, 6.45) is 1.54. The fourth-order valence-corrected chi connectivity index (χ4v) is 5.53. The molecule has 178 valence electrons. The molecule has 1 aliphatic rings. The van der Waals surface area contributed by atoms with E-state index in [0.29, 0.717) is 22.3 Å². The number of halogens is 3. The van der Waals surface area contributed by atoms with E-state index in [1.165, 1.54) is 12.1 Å². The third-order valence-electron chi connectivity index (χ3n) is 5.72. The summed E-state index contributed by atoms with van der Waals surface area (Å²) in [5.41, 5.74) is 1.47. The smallest absolute Gasteiger partial charge is 0.252 e. The van der Waals surface area contributed by atoms with Gasteiger partial charge < -0.3 is 9.64 Å². The summed E-state index contributed by atoms with van der Waals surface area (Å²) in [6, 6.07) is 11.3. The maximum absolute atomic E-state index is 14.4. The molecule has 4 atom stereocenters. The quantitative estimate of drug-likeness (QED) is 0.325. The number of amides is 1. The SMILES string of the molecule is C=CCC1OC(c2cc(F)cc(Cl)c2)C(c2ccc(Cl)cc2)N(C(CC)CSC(C)C)C1=O. The first-order valence-corrected chi connectivity index (χ1v) is 13.0. The summed E-state index contributed by atoms with van der Waals surface area (Å²) >= 11 is 14.2. The lowest BCUT2D eigenvalue weighted by molar-refractivity contribution is -0.178. The van der Waals surface area contributed by atoms with E-state index in [2.05, 4.69) is 27.4 Å². The minimum atomic E-state index is -0.698. The van der Waals surface area contributed by atoms with Crippen LogP contribution in [0.2, 0.25) is 10.0 Å². The Morgan fingerprint density at radius 2 is 1.85 bits per heavy atom. The Balaban J connectivity index is 2.16. The highest BCUT2D eigenvalue weighted by Gasteiger charge is 2.46. The molecule has 3 rings (SSSR count). The van der Waals surface area contributed by atoms with Crippen LogP contribution in [-0.4, -0.2) is 34.0 Å². The first kappa shape index (κ1) is 26.1. The molecule has 2 aromatic rings. The number of ether oxygens (including phenoxy) is 1. The Morgan fingerprint density at radius 1 is 1.15 bits per heavy atom. The van der Waals surface area contributed by atoms with E-state index in [0.717, 1.165) is 17.7 Å². The Hall–Kier alpha value is -1.53. The Kier molecular flexibility index (Phi) is 9.28. The number of morpholine rings is 1. The highest BCUT2D eigenvalue weighted by Crippen LogP contribution is 2.45. The van der Waals surface area contributed by atoms with E-state index in [1.54, 1.807) is 24.3 Å². The molecule has 7 heteroatoms. The molecule has 1 amide bonds. The number of nitrogens with zero attached hydrogens (tertiary/aromatic N) is 1. The van der Waals surface area contributed by atoms with Gasteiger partial charge in [-0.3, -0.25) is 4.79 Å². The van der Waals surface area contributed by atoms with Gasteiger partial charge in [0.1, 0.15) is 18.0 Å². The van der Waals surface area contributed by atoms with Gasteiger partial charge in [-0.15, -0.1) is 6.58 Å². The molecule has 0 spiro atoms. The number of thioether (sulfide) groups is 1. The average molecular weight is 511 g/mol. The lowest BCUT2D eigenvalue weighted by Gasteiger charge is -2.48. The molecular formula is C26H30Cl2FNO2S. The van der Waals surface area contributed by atoms with Gasteiger partial charge >= 0.3 is 0 Å². The predicted molar refractivity (Wildman–Crippen MR) is 137 cm³/mol. The third kappa shape index (κ3) is 6.33. The standard InChI is InChI=1S/C26H30Cl2FNO2S/c1-5-7-23-26(31)30(22(6-2)15-33-16(3)4)24(17-8-10-19(27)11-9-17)25(32-23)18-12-20(28)14-21(29)13-18/h5,8-14,16,22-25H,1,6-7,15H2,2-4H3. The van der Waals surface area contributed by atoms with Gasteiger partial charge in [-0.25, -0.2) is 4.39 Å². The Bertz CT molecular complexity index is 949. The molecule has 1 saturated heterocycles. The minimum absolute atomic E-state index is 0.0201. The molecule has 0 aliphatic carbocycles. The van der Waals surface area contributed by atoms with Crippen LogP contribution in [0.15, 0.2) is 55.1 Å².